The highest BCUT2D eigenvalue weighted by Gasteiger charge is 2.12. The summed E-state index contributed by atoms with van der Waals surface area (Å²) in [5.41, 5.74) is 0.924. The number of non-ortho nitro benzene ring substituents is 1. The van der Waals surface area contributed by atoms with Crippen LogP contribution in [-0.2, 0) is 0 Å². The van der Waals surface area contributed by atoms with E-state index in [1.165, 1.54) is 37.3 Å². The summed E-state index contributed by atoms with van der Waals surface area (Å²) in [6.07, 6.45) is -0.769. The summed E-state index contributed by atoms with van der Waals surface area (Å²) in [6.45, 7) is 3.18. The van der Waals surface area contributed by atoms with Crippen molar-refractivity contribution < 1.29 is 19.2 Å². The molecule has 21 heavy (non-hydrogen) atoms. The molecule has 2 rings (SSSR count). The lowest BCUT2D eigenvalue weighted by Crippen LogP contribution is -1.96. The van der Waals surface area contributed by atoms with Gasteiger partial charge in [-0.2, -0.15) is 0 Å². The van der Waals surface area contributed by atoms with Gasteiger partial charge in [0.15, 0.2) is 11.6 Å². The fourth-order valence-corrected chi connectivity index (χ4v) is 1.84. The molecule has 110 valence electrons. The van der Waals surface area contributed by atoms with Gasteiger partial charge in [-0.15, -0.1) is 0 Å². The number of ether oxygens (including phenoxy) is 1. The van der Waals surface area contributed by atoms with E-state index in [9.17, 15) is 19.6 Å². The van der Waals surface area contributed by atoms with Crippen LogP contribution < -0.4 is 4.74 Å². The molecule has 5 nitrogen and oxygen atoms in total. The maximum Gasteiger partial charge on any atom is 0.269 e. The number of nitro groups is 1. The Balaban J connectivity index is 2.28. The van der Waals surface area contributed by atoms with E-state index in [2.05, 4.69) is 0 Å². The van der Waals surface area contributed by atoms with E-state index in [0.29, 0.717) is 16.9 Å². The molecule has 1 atom stereocenters. The third-order valence-corrected chi connectivity index (χ3v) is 3.03. The van der Waals surface area contributed by atoms with Gasteiger partial charge in [0.25, 0.3) is 5.69 Å². The second-order valence-corrected chi connectivity index (χ2v) is 4.67. The Labute approximate surface area is 120 Å². The van der Waals surface area contributed by atoms with Crippen molar-refractivity contribution in [2.45, 2.75) is 20.0 Å². The SMILES string of the molecule is Cc1cc([N+](=O)[O-])ccc1Oc1ccc([C@@H](C)O)cc1F. The molecule has 0 heterocycles. The Kier molecular flexibility index (Phi) is 4.18. The molecule has 0 fully saturated rings. The molecule has 6 heteroatoms. The van der Waals surface area contributed by atoms with Crippen molar-refractivity contribution >= 4 is 5.69 Å². The highest BCUT2D eigenvalue weighted by Crippen LogP contribution is 2.30. The van der Waals surface area contributed by atoms with Crippen molar-refractivity contribution in [3.63, 3.8) is 0 Å². The van der Waals surface area contributed by atoms with Crippen LogP contribution in [0.4, 0.5) is 10.1 Å². The van der Waals surface area contributed by atoms with Crippen molar-refractivity contribution in [1.82, 2.24) is 0 Å². The van der Waals surface area contributed by atoms with Crippen molar-refractivity contribution in [1.29, 1.82) is 0 Å². The summed E-state index contributed by atoms with van der Waals surface area (Å²) in [6, 6.07) is 8.25. The molecule has 0 saturated heterocycles. The quantitative estimate of drug-likeness (QED) is 0.685. The predicted molar refractivity (Wildman–Crippen MR) is 74.9 cm³/mol. The first-order valence-corrected chi connectivity index (χ1v) is 6.29. The number of benzene rings is 2. The van der Waals surface area contributed by atoms with Gasteiger partial charge in [-0.05, 0) is 43.2 Å². The average molecular weight is 291 g/mol. The average Bonchev–Trinajstić information content (AvgIpc) is 2.42. The second kappa shape index (κ2) is 5.88. The molecule has 0 spiro atoms. The highest BCUT2D eigenvalue weighted by molar-refractivity contribution is 5.45. The topological polar surface area (TPSA) is 72.6 Å². The largest absolute Gasteiger partial charge is 0.454 e. The highest BCUT2D eigenvalue weighted by atomic mass is 19.1. The predicted octanol–water partition coefficient (Wildman–Crippen LogP) is 3.89. The monoisotopic (exact) mass is 291 g/mol. The first-order valence-electron chi connectivity index (χ1n) is 6.29. The summed E-state index contributed by atoms with van der Waals surface area (Å²) in [5.74, 6) is -0.271. The third kappa shape index (κ3) is 3.35. The van der Waals surface area contributed by atoms with Gasteiger partial charge in [0.05, 0.1) is 11.0 Å². The van der Waals surface area contributed by atoms with Crippen LogP contribution in [0.25, 0.3) is 0 Å². The molecule has 0 unspecified atom stereocenters. The summed E-state index contributed by atoms with van der Waals surface area (Å²) in [7, 11) is 0. The number of aliphatic hydroxyl groups excluding tert-OH is 1. The van der Waals surface area contributed by atoms with E-state index in [1.54, 1.807) is 13.0 Å². The first kappa shape index (κ1) is 14.9. The van der Waals surface area contributed by atoms with Gasteiger partial charge in [-0.3, -0.25) is 10.1 Å². The van der Waals surface area contributed by atoms with Crippen LogP contribution in [0, 0.1) is 22.9 Å². The normalized spacial score (nSPS) is 12.0. The molecule has 0 aromatic heterocycles. The zero-order valence-corrected chi connectivity index (χ0v) is 11.5. The van der Waals surface area contributed by atoms with Crippen LogP contribution in [0.2, 0.25) is 0 Å². The lowest BCUT2D eigenvalue weighted by molar-refractivity contribution is -0.384. The summed E-state index contributed by atoms with van der Waals surface area (Å²) in [4.78, 5) is 10.2. The van der Waals surface area contributed by atoms with Gasteiger partial charge >= 0.3 is 0 Å². The third-order valence-electron chi connectivity index (χ3n) is 3.03. The van der Waals surface area contributed by atoms with Crippen LogP contribution in [0.15, 0.2) is 36.4 Å². The molecule has 1 N–H and O–H groups in total. The number of nitro benzene ring substituents is 1. The van der Waals surface area contributed by atoms with Crippen LogP contribution >= 0.6 is 0 Å². The molecular weight excluding hydrogens is 277 g/mol. The number of halogens is 1. The lowest BCUT2D eigenvalue weighted by atomic mass is 10.1. The van der Waals surface area contributed by atoms with Gasteiger partial charge in [0, 0.05) is 12.1 Å². The Morgan fingerprint density at radius 1 is 1.24 bits per heavy atom. The summed E-state index contributed by atoms with van der Waals surface area (Å²) in [5, 5.41) is 20.0. The number of hydrogen-bond donors (Lipinski definition) is 1. The Morgan fingerprint density at radius 3 is 2.43 bits per heavy atom. The standard InChI is InChI=1S/C15H14FNO4/c1-9-7-12(17(19)20)4-6-14(9)21-15-5-3-11(10(2)18)8-13(15)16/h3-8,10,18H,1-2H3/t10-/m1/s1. The Hall–Kier alpha value is -2.47. The molecule has 0 aliphatic heterocycles. The maximum atomic E-state index is 13.9. The minimum absolute atomic E-state index is 0.00338. The van der Waals surface area contributed by atoms with E-state index in [-0.39, 0.29) is 11.4 Å². The fraction of sp³-hybridized carbons (Fsp3) is 0.200. The van der Waals surface area contributed by atoms with Gasteiger partial charge in [0.2, 0.25) is 0 Å². The molecular formula is C15H14FNO4. The van der Waals surface area contributed by atoms with Gasteiger partial charge < -0.3 is 9.84 Å². The van der Waals surface area contributed by atoms with Crippen LogP contribution in [0.1, 0.15) is 24.2 Å². The molecule has 0 aliphatic carbocycles. The zero-order valence-electron chi connectivity index (χ0n) is 11.5. The molecule has 0 bridgehead atoms. The summed E-state index contributed by atoms with van der Waals surface area (Å²) >= 11 is 0. The molecule has 0 aliphatic rings. The van der Waals surface area contributed by atoms with E-state index in [4.69, 9.17) is 4.74 Å². The maximum absolute atomic E-state index is 13.9. The van der Waals surface area contributed by atoms with Gasteiger partial charge in [0.1, 0.15) is 5.75 Å². The minimum Gasteiger partial charge on any atom is -0.454 e. The van der Waals surface area contributed by atoms with Crippen molar-refractivity contribution in [2.75, 3.05) is 0 Å². The first-order chi connectivity index (χ1) is 9.88. The minimum atomic E-state index is -0.769. The van der Waals surface area contributed by atoms with E-state index < -0.39 is 16.8 Å². The number of rotatable bonds is 4. The van der Waals surface area contributed by atoms with E-state index in [1.807, 2.05) is 0 Å². The second-order valence-electron chi connectivity index (χ2n) is 4.67. The number of nitrogens with zero attached hydrogens (tertiary/aromatic N) is 1. The van der Waals surface area contributed by atoms with Crippen LogP contribution in [0.3, 0.4) is 0 Å². The Bertz CT molecular complexity index is 685. The van der Waals surface area contributed by atoms with E-state index >= 15 is 0 Å². The van der Waals surface area contributed by atoms with Gasteiger partial charge in [-0.1, -0.05) is 6.07 Å². The Morgan fingerprint density at radius 2 is 1.90 bits per heavy atom. The molecule has 0 radical (unpaired) electrons. The molecule has 2 aromatic rings. The van der Waals surface area contributed by atoms with Crippen molar-refractivity contribution in [3.05, 3.63) is 63.5 Å². The van der Waals surface area contributed by atoms with Crippen molar-refractivity contribution in [2.24, 2.45) is 0 Å². The number of hydrogen-bond acceptors (Lipinski definition) is 4. The molecule has 0 amide bonds. The molecule has 2 aromatic carbocycles. The number of aliphatic hydroxyl groups is 1. The lowest BCUT2D eigenvalue weighted by Gasteiger charge is -2.11. The smallest absolute Gasteiger partial charge is 0.269 e. The van der Waals surface area contributed by atoms with Gasteiger partial charge in [-0.25, -0.2) is 4.39 Å². The molecule has 0 saturated carbocycles. The van der Waals surface area contributed by atoms with Crippen LogP contribution in [-0.4, -0.2) is 10.0 Å². The van der Waals surface area contributed by atoms with Crippen molar-refractivity contribution in [3.8, 4) is 11.5 Å². The zero-order chi connectivity index (χ0) is 15.6. The van der Waals surface area contributed by atoms with E-state index in [0.717, 1.165) is 0 Å². The number of aryl methyl sites for hydroxylation is 1. The fourth-order valence-electron chi connectivity index (χ4n) is 1.84. The summed E-state index contributed by atoms with van der Waals surface area (Å²) < 4.78 is 19.3. The van der Waals surface area contributed by atoms with Crippen LogP contribution in [0.5, 0.6) is 11.5 Å².